The molecule has 2 aliphatic heterocycles. The third-order valence-corrected chi connectivity index (χ3v) is 4.09. The van der Waals surface area contributed by atoms with Gasteiger partial charge in [0.1, 0.15) is 0 Å². The first-order valence-electron chi connectivity index (χ1n) is 6.73. The summed E-state index contributed by atoms with van der Waals surface area (Å²) >= 11 is 0. The molecule has 2 aliphatic rings. The van der Waals surface area contributed by atoms with E-state index in [9.17, 15) is 5.11 Å². The minimum absolute atomic E-state index is 0.233. The lowest BCUT2D eigenvalue weighted by Crippen LogP contribution is -2.52. The number of aliphatic hydroxyl groups is 1. The third kappa shape index (κ3) is 1.95. The number of nitrogens with one attached hydrogen (secondary N) is 1. The van der Waals surface area contributed by atoms with E-state index in [1.807, 2.05) is 0 Å². The normalized spacial score (nSPS) is 28.0. The van der Waals surface area contributed by atoms with Crippen molar-refractivity contribution in [2.45, 2.75) is 19.1 Å². The molecule has 0 aliphatic carbocycles. The quantitative estimate of drug-likeness (QED) is 0.831. The van der Waals surface area contributed by atoms with Gasteiger partial charge in [0.15, 0.2) is 6.29 Å². The van der Waals surface area contributed by atoms with E-state index in [4.69, 9.17) is 0 Å². The number of fused-ring (bicyclic) bond motifs is 1. The Bertz CT molecular complexity index is 423. The van der Waals surface area contributed by atoms with Crippen LogP contribution >= 0.6 is 0 Å². The van der Waals surface area contributed by atoms with Crippen LogP contribution in [0.2, 0.25) is 0 Å². The van der Waals surface area contributed by atoms with Crippen molar-refractivity contribution in [1.82, 2.24) is 4.90 Å². The van der Waals surface area contributed by atoms with Crippen molar-refractivity contribution in [3.8, 4) is 0 Å². The monoisotopic (exact) mass is 247 g/mol. The van der Waals surface area contributed by atoms with Crippen molar-refractivity contribution >= 4 is 11.4 Å². The van der Waals surface area contributed by atoms with Gasteiger partial charge in [-0.05, 0) is 30.9 Å². The van der Waals surface area contributed by atoms with Crippen molar-refractivity contribution in [3.63, 3.8) is 0 Å². The molecule has 1 unspecified atom stereocenters. The Kier molecular flexibility index (Phi) is 3.14. The van der Waals surface area contributed by atoms with Gasteiger partial charge in [-0.1, -0.05) is 12.1 Å². The molecule has 0 bridgehead atoms. The minimum Gasteiger partial charge on any atom is -0.396 e. The molecule has 1 fully saturated rings. The van der Waals surface area contributed by atoms with E-state index < -0.39 is 0 Å². The van der Waals surface area contributed by atoms with Gasteiger partial charge in [-0.15, -0.1) is 0 Å². The SMILES string of the molecule is CN1c2ccccc2NC1N1CCC[C@H](CO)C1. The summed E-state index contributed by atoms with van der Waals surface area (Å²) in [5.74, 6) is 0.428. The number of likely N-dealkylation sites (tertiary alicyclic amines) is 1. The van der Waals surface area contributed by atoms with Crippen molar-refractivity contribution in [2.24, 2.45) is 5.92 Å². The van der Waals surface area contributed by atoms with Crippen molar-refractivity contribution < 1.29 is 5.11 Å². The maximum absolute atomic E-state index is 9.33. The summed E-state index contributed by atoms with van der Waals surface area (Å²) in [5.41, 5.74) is 2.46. The largest absolute Gasteiger partial charge is 0.396 e. The summed E-state index contributed by atoms with van der Waals surface area (Å²) in [6.45, 7) is 2.39. The molecule has 4 heteroatoms. The molecule has 0 saturated carbocycles. The molecule has 0 spiro atoms. The van der Waals surface area contributed by atoms with Crippen LogP contribution in [0, 0.1) is 5.92 Å². The van der Waals surface area contributed by atoms with E-state index in [1.165, 1.54) is 17.8 Å². The molecule has 1 aromatic rings. The standard InChI is InChI=1S/C14H21N3O/c1-16-13-7-3-2-6-12(13)15-14(16)17-8-4-5-11(9-17)10-18/h2-3,6-7,11,14-15,18H,4-5,8-10H2,1H3/t11-,14?/m0/s1. The second-order valence-corrected chi connectivity index (χ2v) is 5.33. The zero-order chi connectivity index (χ0) is 12.5. The molecule has 2 atom stereocenters. The predicted molar refractivity (Wildman–Crippen MR) is 73.6 cm³/mol. The highest BCUT2D eigenvalue weighted by atomic mass is 16.3. The van der Waals surface area contributed by atoms with Gasteiger partial charge in [0.05, 0.1) is 11.4 Å². The summed E-state index contributed by atoms with van der Waals surface area (Å²) in [6.07, 6.45) is 2.56. The van der Waals surface area contributed by atoms with Gasteiger partial charge in [-0.2, -0.15) is 0 Å². The maximum Gasteiger partial charge on any atom is 0.157 e. The van der Waals surface area contributed by atoms with Gasteiger partial charge in [0.25, 0.3) is 0 Å². The number of benzene rings is 1. The van der Waals surface area contributed by atoms with Crippen molar-refractivity contribution in [3.05, 3.63) is 24.3 Å². The Balaban J connectivity index is 1.75. The number of rotatable bonds is 2. The fourth-order valence-corrected chi connectivity index (χ4v) is 3.08. The number of nitrogens with zero attached hydrogens (tertiary/aromatic N) is 2. The topological polar surface area (TPSA) is 38.7 Å². The van der Waals surface area contributed by atoms with E-state index in [-0.39, 0.29) is 6.29 Å². The van der Waals surface area contributed by atoms with Crippen molar-refractivity contribution in [2.75, 3.05) is 37.0 Å². The van der Waals surface area contributed by atoms with Gasteiger partial charge in [-0.25, -0.2) is 0 Å². The summed E-state index contributed by atoms with van der Waals surface area (Å²) in [7, 11) is 2.13. The first-order chi connectivity index (χ1) is 8.79. The fraction of sp³-hybridized carbons (Fsp3) is 0.571. The highest BCUT2D eigenvalue weighted by Gasteiger charge is 2.33. The van der Waals surface area contributed by atoms with Crippen LogP contribution in [0.4, 0.5) is 11.4 Å². The van der Waals surface area contributed by atoms with E-state index >= 15 is 0 Å². The first kappa shape index (κ1) is 11.8. The number of anilines is 2. The second kappa shape index (κ2) is 4.78. The number of aliphatic hydroxyl groups excluding tert-OH is 1. The lowest BCUT2D eigenvalue weighted by Gasteiger charge is -2.39. The number of para-hydroxylation sites is 2. The molecular weight excluding hydrogens is 226 g/mol. The predicted octanol–water partition coefficient (Wildman–Crippen LogP) is 1.54. The lowest BCUT2D eigenvalue weighted by molar-refractivity contribution is 0.0983. The number of hydrogen-bond acceptors (Lipinski definition) is 4. The molecule has 18 heavy (non-hydrogen) atoms. The van der Waals surface area contributed by atoms with E-state index in [0.717, 1.165) is 19.5 Å². The van der Waals surface area contributed by atoms with Gasteiger partial charge >= 0.3 is 0 Å². The van der Waals surface area contributed by atoms with Crippen LogP contribution in [0.1, 0.15) is 12.8 Å². The number of piperidine rings is 1. The fourth-order valence-electron chi connectivity index (χ4n) is 3.08. The Morgan fingerprint density at radius 2 is 2.22 bits per heavy atom. The van der Waals surface area contributed by atoms with E-state index in [0.29, 0.717) is 12.5 Å². The molecule has 2 N–H and O–H groups in total. The van der Waals surface area contributed by atoms with Gasteiger partial charge in [0.2, 0.25) is 0 Å². The van der Waals surface area contributed by atoms with Crippen LogP contribution in [0.15, 0.2) is 24.3 Å². The smallest absolute Gasteiger partial charge is 0.157 e. The van der Waals surface area contributed by atoms with Crippen LogP contribution in [0.5, 0.6) is 0 Å². The summed E-state index contributed by atoms with van der Waals surface area (Å²) < 4.78 is 0. The van der Waals surface area contributed by atoms with Crippen LogP contribution in [-0.4, -0.2) is 43.0 Å². The summed E-state index contributed by atoms with van der Waals surface area (Å²) in [6, 6.07) is 8.41. The Labute approximate surface area is 108 Å². The van der Waals surface area contributed by atoms with Crippen LogP contribution in [0.25, 0.3) is 0 Å². The zero-order valence-corrected chi connectivity index (χ0v) is 10.8. The Morgan fingerprint density at radius 1 is 1.39 bits per heavy atom. The van der Waals surface area contributed by atoms with E-state index in [2.05, 4.69) is 46.4 Å². The molecule has 0 radical (unpaired) electrons. The van der Waals surface area contributed by atoms with Crippen LogP contribution in [-0.2, 0) is 0 Å². The molecule has 0 aromatic heterocycles. The molecule has 98 valence electrons. The second-order valence-electron chi connectivity index (χ2n) is 5.33. The molecule has 3 rings (SSSR count). The van der Waals surface area contributed by atoms with Gasteiger partial charge < -0.3 is 15.3 Å². The van der Waals surface area contributed by atoms with Crippen molar-refractivity contribution in [1.29, 1.82) is 0 Å². The molecule has 2 heterocycles. The summed E-state index contributed by atoms with van der Waals surface area (Å²) in [4.78, 5) is 4.72. The molecule has 1 saturated heterocycles. The maximum atomic E-state index is 9.33. The van der Waals surface area contributed by atoms with Gasteiger partial charge in [0, 0.05) is 26.7 Å². The third-order valence-electron chi connectivity index (χ3n) is 4.09. The van der Waals surface area contributed by atoms with E-state index in [1.54, 1.807) is 0 Å². The highest BCUT2D eigenvalue weighted by Crippen LogP contribution is 2.35. The molecular formula is C14H21N3O. The number of hydrogen-bond donors (Lipinski definition) is 2. The first-order valence-corrected chi connectivity index (χ1v) is 6.73. The average molecular weight is 247 g/mol. The Morgan fingerprint density at radius 3 is 3.00 bits per heavy atom. The van der Waals surface area contributed by atoms with Gasteiger partial charge in [-0.3, -0.25) is 4.90 Å². The molecule has 4 nitrogen and oxygen atoms in total. The molecule has 0 amide bonds. The average Bonchev–Trinajstić information content (AvgIpc) is 2.77. The highest BCUT2D eigenvalue weighted by molar-refractivity contribution is 5.75. The Hall–Kier alpha value is -1.26. The zero-order valence-electron chi connectivity index (χ0n) is 10.8. The minimum atomic E-state index is 0.233. The lowest BCUT2D eigenvalue weighted by atomic mass is 9.99. The molecule has 1 aromatic carbocycles. The van der Waals surface area contributed by atoms with Crippen LogP contribution < -0.4 is 10.2 Å². The summed E-state index contributed by atoms with van der Waals surface area (Å²) in [5, 5.41) is 12.9. The van der Waals surface area contributed by atoms with Crippen LogP contribution in [0.3, 0.4) is 0 Å².